The van der Waals surface area contributed by atoms with Crippen molar-refractivity contribution in [3.05, 3.63) is 83.6 Å². The van der Waals surface area contributed by atoms with Gasteiger partial charge in [0.05, 0.1) is 11.0 Å². The molecule has 5 nitrogen and oxygen atoms in total. The summed E-state index contributed by atoms with van der Waals surface area (Å²) in [7, 11) is 0. The van der Waals surface area contributed by atoms with Crippen molar-refractivity contribution >= 4 is 33.8 Å². The van der Waals surface area contributed by atoms with Crippen LogP contribution in [0.2, 0.25) is 0 Å². The van der Waals surface area contributed by atoms with Crippen molar-refractivity contribution in [2.45, 2.75) is 6.92 Å². The highest BCUT2D eigenvalue weighted by Crippen LogP contribution is 2.20. The van der Waals surface area contributed by atoms with Crippen LogP contribution in [0.3, 0.4) is 0 Å². The van der Waals surface area contributed by atoms with Gasteiger partial charge in [0.1, 0.15) is 5.65 Å². The van der Waals surface area contributed by atoms with Gasteiger partial charge in [0.25, 0.3) is 0 Å². The summed E-state index contributed by atoms with van der Waals surface area (Å²) < 4.78 is 1.94. The van der Waals surface area contributed by atoms with E-state index in [0.29, 0.717) is 22.3 Å². The Morgan fingerprint density at radius 1 is 0.846 bits per heavy atom. The molecule has 5 rings (SSSR count). The van der Waals surface area contributed by atoms with Crippen LogP contribution in [0.1, 0.15) is 21.5 Å². The molecule has 0 spiro atoms. The Morgan fingerprint density at radius 2 is 1.69 bits per heavy atom. The van der Waals surface area contributed by atoms with Crippen molar-refractivity contribution in [1.29, 1.82) is 0 Å². The molecule has 26 heavy (non-hydrogen) atoms. The van der Waals surface area contributed by atoms with Crippen LogP contribution in [0.4, 0.5) is 0 Å². The largest absolute Gasteiger partial charge is 0.289 e. The second-order valence-electron chi connectivity index (χ2n) is 6.32. The maximum Gasteiger partial charge on any atom is 0.198 e. The highest BCUT2D eigenvalue weighted by atomic mass is 16.1. The number of carbonyl (C=O) groups is 1. The number of fused-ring (bicyclic) bond motifs is 4. The fourth-order valence-electron chi connectivity index (χ4n) is 3.14. The van der Waals surface area contributed by atoms with Gasteiger partial charge >= 0.3 is 0 Å². The molecule has 0 radical (unpaired) electrons. The van der Waals surface area contributed by atoms with E-state index in [1.807, 2.05) is 66.1 Å². The van der Waals surface area contributed by atoms with Gasteiger partial charge in [0.2, 0.25) is 0 Å². The molecule has 2 aromatic carbocycles. The lowest BCUT2D eigenvalue weighted by molar-refractivity contribution is 0.103. The number of nitrogens with zero attached hydrogens (tertiary/aromatic N) is 4. The van der Waals surface area contributed by atoms with Gasteiger partial charge in [0.15, 0.2) is 17.1 Å². The molecule has 0 saturated heterocycles. The summed E-state index contributed by atoms with van der Waals surface area (Å²) in [6, 6.07) is 18.6. The minimum absolute atomic E-state index is 0.0278. The Morgan fingerprint density at radius 3 is 2.54 bits per heavy atom. The molecular formula is C21H14N4O. The van der Waals surface area contributed by atoms with Crippen LogP contribution in [-0.2, 0) is 0 Å². The Labute approximate surface area is 149 Å². The van der Waals surface area contributed by atoms with Gasteiger partial charge in [-0.05, 0) is 36.8 Å². The fourth-order valence-corrected chi connectivity index (χ4v) is 3.14. The first-order valence-corrected chi connectivity index (χ1v) is 8.35. The van der Waals surface area contributed by atoms with Gasteiger partial charge in [-0.1, -0.05) is 36.4 Å². The van der Waals surface area contributed by atoms with Crippen LogP contribution in [0.25, 0.3) is 28.0 Å². The number of ketones is 1. The smallest absolute Gasteiger partial charge is 0.198 e. The number of rotatable bonds is 2. The molecule has 0 atom stereocenters. The average Bonchev–Trinajstić information content (AvgIpc) is 3.02. The van der Waals surface area contributed by atoms with E-state index in [2.05, 4.69) is 9.97 Å². The van der Waals surface area contributed by atoms with Gasteiger partial charge in [0, 0.05) is 17.3 Å². The van der Waals surface area contributed by atoms with E-state index >= 15 is 0 Å². The summed E-state index contributed by atoms with van der Waals surface area (Å²) in [5, 5.41) is 0. The summed E-state index contributed by atoms with van der Waals surface area (Å²) in [4.78, 5) is 26.5. The van der Waals surface area contributed by atoms with E-state index < -0.39 is 0 Å². The van der Waals surface area contributed by atoms with Crippen molar-refractivity contribution in [3.8, 4) is 0 Å². The first-order valence-electron chi connectivity index (χ1n) is 8.35. The van der Waals surface area contributed by atoms with Crippen molar-refractivity contribution in [2.75, 3.05) is 0 Å². The van der Waals surface area contributed by atoms with E-state index in [-0.39, 0.29) is 5.78 Å². The Bertz CT molecular complexity index is 1310. The molecule has 0 unspecified atom stereocenters. The van der Waals surface area contributed by atoms with Crippen molar-refractivity contribution in [1.82, 2.24) is 19.4 Å². The minimum Gasteiger partial charge on any atom is -0.289 e. The zero-order chi connectivity index (χ0) is 17.7. The first kappa shape index (κ1) is 14.7. The molecule has 0 aliphatic rings. The summed E-state index contributed by atoms with van der Waals surface area (Å²) in [5.41, 5.74) is 5.89. The molecule has 0 aliphatic heterocycles. The highest BCUT2D eigenvalue weighted by molar-refractivity contribution is 6.10. The van der Waals surface area contributed by atoms with Crippen molar-refractivity contribution < 1.29 is 4.79 Å². The van der Waals surface area contributed by atoms with Gasteiger partial charge in [-0.25, -0.2) is 15.0 Å². The number of hydrogen-bond donors (Lipinski definition) is 0. The molecule has 0 saturated carbocycles. The number of aryl methyl sites for hydroxylation is 1. The molecule has 3 heterocycles. The number of hydrogen-bond acceptors (Lipinski definition) is 4. The monoisotopic (exact) mass is 338 g/mol. The van der Waals surface area contributed by atoms with E-state index in [1.165, 1.54) is 0 Å². The molecule has 5 heteroatoms. The third kappa shape index (κ3) is 2.25. The zero-order valence-corrected chi connectivity index (χ0v) is 14.0. The van der Waals surface area contributed by atoms with Crippen LogP contribution in [0.5, 0.6) is 0 Å². The second kappa shape index (κ2) is 5.46. The quantitative estimate of drug-likeness (QED) is 0.457. The molecule has 124 valence electrons. The summed E-state index contributed by atoms with van der Waals surface area (Å²) >= 11 is 0. The van der Waals surface area contributed by atoms with E-state index in [9.17, 15) is 4.79 Å². The Balaban J connectivity index is 1.70. The van der Waals surface area contributed by atoms with Crippen LogP contribution in [0.15, 0.2) is 66.9 Å². The third-order valence-electron chi connectivity index (χ3n) is 4.45. The predicted octanol–water partition coefficient (Wildman–Crippen LogP) is 3.97. The van der Waals surface area contributed by atoms with E-state index in [4.69, 9.17) is 4.98 Å². The average molecular weight is 338 g/mol. The molecular weight excluding hydrogens is 324 g/mol. The maximum atomic E-state index is 12.7. The number of aromatic nitrogens is 4. The van der Waals surface area contributed by atoms with E-state index in [0.717, 1.165) is 22.4 Å². The molecule has 0 aliphatic carbocycles. The van der Waals surface area contributed by atoms with Crippen molar-refractivity contribution in [2.24, 2.45) is 0 Å². The molecule has 3 aromatic heterocycles. The number of imidazole rings is 1. The Hall–Kier alpha value is -3.60. The van der Waals surface area contributed by atoms with Crippen LogP contribution < -0.4 is 0 Å². The van der Waals surface area contributed by atoms with Crippen LogP contribution >= 0.6 is 0 Å². The first-order chi connectivity index (χ1) is 12.7. The summed E-state index contributed by atoms with van der Waals surface area (Å²) in [6.45, 7) is 2.03. The molecule has 0 amide bonds. The lowest BCUT2D eigenvalue weighted by Gasteiger charge is -2.03. The minimum atomic E-state index is -0.0278. The summed E-state index contributed by atoms with van der Waals surface area (Å²) in [5.74, 6) is -0.0278. The Kier molecular flexibility index (Phi) is 3.09. The molecule has 0 N–H and O–H groups in total. The summed E-state index contributed by atoms with van der Waals surface area (Å²) in [6.07, 6.45) is 2.00. The lowest BCUT2D eigenvalue weighted by Crippen LogP contribution is -2.01. The third-order valence-corrected chi connectivity index (χ3v) is 4.45. The fraction of sp³-hybridized carbons (Fsp3) is 0.0476. The van der Waals surface area contributed by atoms with Crippen LogP contribution in [0, 0.1) is 6.92 Å². The normalized spacial score (nSPS) is 11.4. The molecule has 0 fully saturated rings. The SMILES string of the molecule is Cc1ccc2nc3nc4cc(C(=O)c5ccccc5)ccc4nc3n2c1. The standard InChI is InChI=1S/C21H14N4O/c1-13-7-10-18-24-20-21(25(18)12-13)23-16-9-8-15(11-17(16)22-20)19(26)14-5-3-2-4-6-14/h2-12H,1H3. The van der Waals surface area contributed by atoms with Crippen LogP contribution in [-0.4, -0.2) is 25.1 Å². The van der Waals surface area contributed by atoms with E-state index in [1.54, 1.807) is 12.1 Å². The number of pyridine rings is 1. The maximum absolute atomic E-state index is 12.7. The molecule has 0 bridgehead atoms. The van der Waals surface area contributed by atoms with Gasteiger partial charge in [-0.15, -0.1) is 0 Å². The second-order valence-corrected chi connectivity index (χ2v) is 6.32. The molecule has 5 aromatic rings. The van der Waals surface area contributed by atoms with Gasteiger partial charge in [-0.3, -0.25) is 9.20 Å². The van der Waals surface area contributed by atoms with Crippen molar-refractivity contribution in [3.63, 3.8) is 0 Å². The number of benzene rings is 2. The highest BCUT2D eigenvalue weighted by Gasteiger charge is 2.13. The van der Waals surface area contributed by atoms with Gasteiger partial charge in [-0.2, -0.15) is 0 Å². The van der Waals surface area contributed by atoms with Gasteiger partial charge < -0.3 is 0 Å². The zero-order valence-electron chi connectivity index (χ0n) is 14.0. The lowest BCUT2D eigenvalue weighted by atomic mass is 10.0. The topological polar surface area (TPSA) is 60.2 Å². The predicted molar refractivity (Wildman–Crippen MR) is 100 cm³/mol. The number of carbonyl (C=O) groups excluding carboxylic acids is 1.